The van der Waals surface area contributed by atoms with Crippen molar-refractivity contribution in [2.24, 2.45) is 0 Å². The Kier molecular flexibility index (Phi) is 17.5. The summed E-state index contributed by atoms with van der Waals surface area (Å²) in [6.45, 7) is 5.41. The van der Waals surface area contributed by atoms with E-state index in [1.54, 1.807) is 95.7 Å². The third-order valence-corrected chi connectivity index (χ3v) is 7.80. The molecule has 0 aromatic heterocycles. The summed E-state index contributed by atoms with van der Waals surface area (Å²) < 4.78 is 36.4. The topological polar surface area (TPSA) is 131 Å². The van der Waals surface area contributed by atoms with Crippen molar-refractivity contribution in [2.45, 2.75) is 20.8 Å². The normalized spacial score (nSPS) is 10.2. The van der Waals surface area contributed by atoms with Crippen LogP contribution in [0.5, 0.6) is 34.5 Å². The molecule has 0 spiro atoms. The van der Waals surface area contributed by atoms with Crippen molar-refractivity contribution in [3.05, 3.63) is 92.9 Å². The molecular formula is C37H38Cl4N2O10. The van der Waals surface area contributed by atoms with Crippen LogP contribution in [0, 0.1) is 0 Å². The number of anilines is 2. The van der Waals surface area contributed by atoms with Gasteiger partial charge >= 0.3 is 18.0 Å². The summed E-state index contributed by atoms with van der Waals surface area (Å²) in [5.74, 6) is 2.07. The van der Waals surface area contributed by atoms with Crippen molar-refractivity contribution >= 4 is 75.8 Å². The van der Waals surface area contributed by atoms with Gasteiger partial charge in [0.15, 0.2) is 11.5 Å². The minimum atomic E-state index is -0.725. The van der Waals surface area contributed by atoms with Crippen molar-refractivity contribution < 1.29 is 47.5 Å². The number of esters is 2. The molecule has 0 aliphatic rings. The number of rotatable bonds is 15. The molecule has 4 aromatic carbocycles. The van der Waals surface area contributed by atoms with Crippen molar-refractivity contribution in [1.29, 1.82) is 0 Å². The number of benzene rings is 4. The van der Waals surface area contributed by atoms with Gasteiger partial charge < -0.3 is 38.5 Å². The number of ether oxygens (including phenoxy) is 7. The lowest BCUT2D eigenvalue weighted by Gasteiger charge is -2.22. The van der Waals surface area contributed by atoms with Crippen molar-refractivity contribution in [3.8, 4) is 34.5 Å². The maximum absolute atomic E-state index is 12.3. The summed E-state index contributed by atoms with van der Waals surface area (Å²) >= 11 is 25.1. The molecule has 1 N–H and O–H groups in total. The maximum atomic E-state index is 12.3. The molecule has 0 aliphatic heterocycles. The third-order valence-electron chi connectivity index (χ3n) is 6.67. The fourth-order valence-corrected chi connectivity index (χ4v) is 5.38. The summed E-state index contributed by atoms with van der Waals surface area (Å²) in [4.78, 5) is 36.7. The second-order valence-electron chi connectivity index (χ2n) is 10.3. The molecule has 0 fully saturated rings. The van der Waals surface area contributed by atoms with Crippen molar-refractivity contribution in [3.63, 3.8) is 0 Å². The molecule has 0 saturated carbocycles. The smallest absolute Gasteiger partial charge is 0.414 e. The fourth-order valence-electron chi connectivity index (χ4n) is 4.27. The van der Waals surface area contributed by atoms with E-state index in [-0.39, 0.29) is 53.8 Å². The summed E-state index contributed by atoms with van der Waals surface area (Å²) in [6.07, 6.45) is -0.725. The standard InChI is InChI=1S/C20H21Cl2NO6.C17H17Cl2NO4/c1-4-27-18(24)12-23(20(25)28-5-2)13-10-16(21)19(17(22)11-13)29-15-8-6-14(26-3)7-9-15;1-3-23-16(21)10-20-11-8-14(18)17(15(19)9-11)24-13-6-4-12(22-2)5-7-13/h6-11H,4-5,12H2,1-3H3;4-9,20H,3,10H2,1-2H3. The first kappa shape index (κ1) is 42.7. The van der Waals surface area contributed by atoms with Gasteiger partial charge in [0, 0.05) is 5.69 Å². The van der Waals surface area contributed by atoms with Gasteiger partial charge in [-0.2, -0.15) is 0 Å². The molecule has 16 heteroatoms. The molecule has 53 heavy (non-hydrogen) atoms. The van der Waals surface area contributed by atoms with Crippen LogP contribution in [0.15, 0.2) is 72.8 Å². The molecule has 0 atom stereocenters. The van der Waals surface area contributed by atoms with Crippen LogP contribution >= 0.6 is 46.4 Å². The van der Waals surface area contributed by atoms with Gasteiger partial charge in [0.2, 0.25) is 0 Å². The van der Waals surface area contributed by atoms with Crippen molar-refractivity contribution in [2.75, 3.05) is 57.3 Å². The molecule has 0 unspecified atom stereocenters. The van der Waals surface area contributed by atoms with E-state index >= 15 is 0 Å². The van der Waals surface area contributed by atoms with E-state index < -0.39 is 12.1 Å². The zero-order valence-electron chi connectivity index (χ0n) is 29.5. The lowest BCUT2D eigenvalue weighted by atomic mass is 10.2. The molecule has 4 rings (SSSR count). The summed E-state index contributed by atoms with van der Waals surface area (Å²) in [5, 5.41) is 3.86. The van der Waals surface area contributed by atoms with E-state index in [9.17, 15) is 14.4 Å². The number of carbonyl (C=O) groups excluding carboxylic acids is 3. The van der Waals surface area contributed by atoms with Gasteiger partial charge in [-0.15, -0.1) is 0 Å². The van der Waals surface area contributed by atoms with Gasteiger partial charge in [-0.3, -0.25) is 14.5 Å². The molecule has 1 amide bonds. The Morgan fingerprint density at radius 1 is 0.585 bits per heavy atom. The zero-order valence-corrected chi connectivity index (χ0v) is 32.5. The lowest BCUT2D eigenvalue weighted by Crippen LogP contribution is -2.37. The van der Waals surface area contributed by atoms with Crippen LogP contribution in [-0.4, -0.2) is 65.2 Å². The predicted molar refractivity (Wildman–Crippen MR) is 205 cm³/mol. The maximum Gasteiger partial charge on any atom is 0.414 e. The minimum Gasteiger partial charge on any atom is -0.497 e. The highest BCUT2D eigenvalue weighted by atomic mass is 35.5. The van der Waals surface area contributed by atoms with Crippen LogP contribution in [0.25, 0.3) is 0 Å². The molecule has 0 bridgehead atoms. The first-order valence-corrected chi connectivity index (χ1v) is 17.5. The first-order chi connectivity index (χ1) is 25.4. The monoisotopic (exact) mass is 810 g/mol. The molecule has 0 aliphatic carbocycles. The van der Waals surface area contributed by atoms with Gasteiger partial charge in [-0.05, 0) is 93.6 Å². The summed E-state index contributed by atoms with van der Waals surface area (Å²) in [6, 6.07) is 20.1. The van der Waals surface area contributed by atoms with E-state index in [2.05, 4.69) is 5.32 Å². The second-order valence-corrected chi connectivity index (χ2v) is 11.9. The minimum absolute atomic E-state index is 0.0270. The van der Waals surface area contributed by atoms with Crippen LogP contribution in [0.2, 0.25) is 20.1 Å². The number of methoxy groups -OCH3 is 2. The number of hydrogen-bond acceptors (Lipinski definition) is 11. The van der Waals surface area contributed by atoms with Gasteiger partial charge in [-0.1, -0.05) is 46.4 Å². The van der Waals surface area contributed by atoms with Crippen LogP contribution in [0.1, 0.15) is 20.8 Å². The Morgan fingerprint density at radius 3 is 1.40 bits per heavy atom. The van der Waals surface area contributed by atoms with E-state index in [1.165, 1.54) is 12.1 Å². The number of carbonyl (C=O) groups is 3. The highest BCUT2D eigenvalue weighted by molar-refractivity contribution is 6.38. The third kappa shape index (κ3) is 13.3. The average molecular weight is 813 g/mol. The Labute approximate surface area is 327 Å². The number of halogens is 4. The summed E-state index contributed by atoms with van der Waals surface area (Å²) in [7, 11) is 3.15. The quantitative estimate of drug-likeness (QED) is 0.0909. The van der Waals surface area contributed by atoms with E-state index in [0.717, 1.165) is 10.6 Å². The Bertz CT molecular complexity index is 1780. The molecule has 12 nitrogen and oxygen atoms in total. The predicted octanol–water partition coefficient (Wildman–Crippen LogP) is 10.1. The summed E-state index contributed by atoms with van der Waals surface area (Å²) in [5.41, 5.74) is 0.869. The van der Waals surface area contributed by atoms with Gasteiger partial charge in [0.05, 0.1) is 59.8 Å². The zero-order chi connectivity index (χ0) is 38.9. The number of nitrogens with zero attached hydrogens (tertiary/aromatic N) is 1. The Hall–Kier alpha value is -4.75. The van der Waals surface area contributed by atoms with E-state index in [1.807, 2.05) is 0 Å². The molecule has 284 valence electrons. The number of nitrogens with one attached hydrogen (secondary N) is 1. The molecule has 0 radical (unpaired) electrons. The van der Waals surface area contributed by atoms with E-state index in [4.69, 9.17) is 79.6 Å². The van der Waals surface area contributed by atoms with E-state index in [0.29, 0.717) is 45.3 Å². The Morgan fingerprint density at radius 2 is 0.981 bits per heavy atom. The molecular weight excluding hydrogens is 774 g/mol. The van der Waals surface area contributed by atoms with Crippen LogP contribution in [-0.2, 0) is 23.8 Å². The average Bonchev–Trinajstić information content (AvgIpc) is 3.14. The van der Waals surface area contributed by atoms with Crippen LogP contribution < -0.4 is 29.2 Å². The Balaban J connectivity index is 0.000000290. The number of amides is 1. The van der Waals surface area contributed by atoms with Gasteiger partial charge in [0.1, 0.15) is 36.1 Å². The fraction of sp³-hybridized carbons (Fsp3) is 0.270. The SMILES string of the molecule is CCOC(=O)CN(C(=O)OCC)c1cc(Cl)c(Oc2ccc(OC)cc2)c(Cl)c1.CCOC(=O)CNc1cc(Cl)c(Oc2ccc(OC)cc2)c(Cl)c1. The van der Waals surface area contributed by atoms with Crippen molar-refractivity contribution in [1.82, 2.24) is 0 Å². The van der Waals surface area contributed by atoms with Gasteiger partial charge in [0.25, 0.3) is 0 Å². The largest absolute Gasteiger partial charge is 0.497 e. The highest BCUT2D eigenvalue weighted by Crippen LogP contribution is 2.41. The highest BCUT2D eigenvalue weighted by Gasteiger charge is 2.24. The van der Waals surface area contributed by atoms with Crippen LogP contribution in [0.4, 0.5) is 16.2 Å². The first-order valence-electron chi connectivity index (χ1n) is 16.0. The van der Waals surface area contributed by atoms with Crippen LogP contribution in [0.3, 0.4) is 0 Å². The molecule has 0 heterocycles. The molecule has 0 saturated heterocycles. The number of hydrogen-bond donors (Lipinski definition) is 1. The molecule has 4 aromatic rings. The lowest BCUT2D eigenvalue weighted by molar-refractivity contribution is -0.142. The van der Waals surface area contributed by atoms with Gasteiger partial charge in [-0.25, -0.2) is 4.79 Å². The second kappa shape index (κ2) is 21.7.